The van der Waals surface area contributed by atoms with Gasteiger partial charge >= 0.3 is 73.9 Å². The first-order chi connectivity index (χ1) is 19.6. The molecule has 0 saturated heterocycles. The fourth-order valence-electron chi connectivity index (χ4n) is 4.33. The van der Waals surface area contributed by atoms with Crippen molar-refractivity contribution in [2.75, 3.05) is 0 Å². The van der Waals surface area contributed by atoms with Crippen LogP contribution in [0.25, 0.3) is 57.1 Å². The van der Waals surface area contributed by atoms with Crippen molar-refractivity contribution in [1.29, 1.82) is 0 Å². The zero-order valence-electron chi connectivity index (χ0n) is 20.9. The maximum atomic E-state index is 10.3. The molecule has 2 aliphatic heterocycles. The molecular weight excluding hydrogens is 639 g/mol. The molecule has 0 aliphatic carbocycles. The number of carboxylic acid groups (broad SMARTS) is 4. The van der Waals surface area contributed by atoms with E-state index in [-0.39, 0.29) is 0 Å². The quantitative estimate of drug-likeness (QED) is 0.117. The van der Waals surface area contributed by atoms with E-state index < -0.39 is 34.3 Å². The van der Waals surface area contributed by atoms with Gasteiger partial charge in [-0.3, -0.25) is 0 Å². The second kappa shape index (κ2) is 10.7. The zero-order valence-corrected chi connectivity index (χ0v) is 23.8. The number of nitrogens with one attached hydrogen (secondary N) is 2. The molecule has 0 spiro atoms. The van der Waals surface area contributed by atoms with Crippen LogP contribution in [-0.4, -0.2) is 74.7 Å². The molecule has 12 nitrogen and oxygen atoms in total. The van der Waals surface area contributed by atoms with Gasteiger partial charge in [-0.1, -0.05) is 24.3 Å². The number of hydrogen-bond donors (Lipinski definition) is 6. The number of fused-ring (bicyclic) bond motifs is 11. The molecule has 6 rings (SSSR count). The SMILES string of the molecule is C1=Cc2cc3[nH]c(cc4nc(cc5ccc(cc1n2)[nH]5)C=C4)c1ccccc31.O=[C](O)[Sn]([C](=O)O)([C](=O)O)[C](=O)O. The average molecular weight is 659 g/mol. The Morgan fingerprint density at radius 2 is 0.902 bits per heavy atom. The van der Waals surface area contributed by atoms with E-state index in [4.69, 9.17) is 30.4 Å². The second-order valence-corrected chi connectivity index (χ2v) is 18.2. The molecule has 0 radical (unpaired) electrons. The first kappa shape index (κ1) is 27.3. The van der Waals surface area contributed by atoms with Crippen molar-refractivity contribution in [2.45, 2.75) is 0 Å². The molecule has 5 heterocycles. The van der Waals surface area contributed by atoms with E-state index >= 15 is 0 Å². The Hall–Kier alpha value is -5.24. The van der Waals surface area contributed by atoms with Crippen molar-refractivity contribution in [3.8, 4) is 0 Å². The maximum absolute atomic E-state index is 10.3. The van der Waals surface area contributed by atoms with E-state index in [2.05, 4.69) is 70.6 Å². The third-order valence-electron chi connectivity index (χ3n) is 6.35. The van der Waals surface area contributed by atoms with Crippen LogP contribution in [0.4, 0.5) is 19.2 Å². The van der Waals surface area contributed by atoms with E-state index in [0.717, 1.165) is 44.8 Å². The Labute approximate surface area is 233 Å². The third kappa shape index (κ3) is 5.19. The Morgan fingerprint density at radius 3 is 1.24 bits per heavy atom. The number of H-pyrrole nitrogens is 2. The van der Waals surface area contributed by atoms with E-state index in [0.29, 0.717) is 0 Å². The van der Waals surface area contributed by atoms with Gasteiger partial charge in [-0.15, -0.1) is 0 Å². The molecule has 2 aliphatic rings. The van der Waals surface area contributed by atoms with Gasteiger partial charge in [0.25, 0.3) is 0 Å². The number of rotatable bonds is 4. The van der Waals surface area contributed by atoms with Gasteiger partial charge in [-0.25, -0.2) is 9.97 Å². The van der Waals surface area contributed by atoms with E-state index in [1.807, 2.05) is 24.3 Å². The molecule has 6 N–H and O–H groups in total. The van der Waals surface area contributed by atoms with Crippen LogP contribution in [0.1, 0.15) is 22.8 Å². The molecule has 0 fully saturated rings. The summed E-state index contributed by atoms with van der Waals surface area (Å²) in [4.78, 5) is 57.6. The summed E-state index contributed by atoms with van der Waals surface area (Å²) >= 11 is -6.26. The predicted molar refractivity (Wildman–Crippen MR) is 154 cm³/mol. The van der Waals surface area contributed by atoms with Crippen LogP contribution in [0, 0.1) is 0 Å². The molecule has 4 aromatic rings. The molecule has 0 saturated carbocycles. The van der Waals surface area contributed by atoms with Gasteiger partial charge in [-0.2, -0.15) is 0 Å². The number of aromatic nitrogens is 4. The minimum atomic E-state index is -6.26. The van der Waals surface area contributed by atoms with Crippen LogP contribution in [0.5, 0.6) is 0 Å². The van der Waals surface area contributed by atoms with Gasteiger partial charge in [0.1, 0.15) is 0 Å². The van der Waals surface area contributed by atoms with Crippen molar-refractivity contribution in [3.63, 3.8) is 0 Å². The van der Waals surface area contributed by atoms with Gasteiger partial charge in [0, 0.05) is 32.8 Å². The van der Waals surface area contributed by atoms with Crippen molar-refractivity contribution >= 4 is 91.5 Å². The standard InChI is InChI=1S/C24H16N4.4CHO2.Sn/c1-2-4-22-21(3-1)23-13-19-9-7-17(26-19)11-15-5-6-16(25-15)12-18-8-10-20(27-18)14-24(22)28-23;4*2-1-3;/h1-14,25,28H;4*(H,2,3);. The summed E-state index contributed by atoms with van der Waals surface area (Å²) < 4.78 is -8.99. The van der Waals surface area contributed by atoms with Gasteiger partial charge < -0.3 is 9.97 Å². The van der Waals surface area contributed by atoms with E-state index in [1.54, 1.807) is 0 Å². The number of benzene rings is 1. The fraction of sp³-hybridized carbons (Fsp3) is 0. The number of carbonyl (C=O) groups is 4. The van der Waals surface area contributed by atoms with Crippen LogP contribution in [-0.2, 0) is 0 Å². The van der Waals surface area contributed by atoms with Crippen molar-refractivity contribution < 1.29 is 39.6 Å². The molecule has 8 bridgehead atoms. The Kier molecular flexibility index (Phi) is 7.15. The summed E-state index contributed by atoms with van der Waals surface area (Å²) in [5.41, 5.74) is 7.89. The van der Waals surface area contributed by atoms with Gasteiger partial charge in [-0.05, 0) is 60.7 Å². The predicted octanol–water partition coefficient (Wildman–Crippen LogP) is 6.28. The van der Waals surface area contributed by atoms with Gasteiger partial charge in [0.2, 0.25) is 0 Å². The summed E-state index contributed by atoms with van der Waals surface area (Å²) in [6, 6.07) is 20.8. The molecule has 204 valence electrons. The molecule has 0 unspecified atom stereocenters. The second-order valence-electron chi connectivity index (χ2n) is 9.00. The van der Waals surface area contributed by atoms with Gasteiger partial charge in [0.15, 0.2) is 0 Å². The van der Waals surface area contributed by atoms with Crippen LogP contribution in [0.15, 0.2) is 60.7 Å². The molecule has 0 atom stereocenters. The first-order valence-electron chi connectivity index (χ1n) is 12.0. The molecule has 3 aromatic heterocycles. The summed E-state index contributed by atoms with van der Waals surface area (Å²) in [5.74, 6) is 0. The van der Waals surface area contributed by atoms with Crippen LogP contribution >= 0.6 is 0 Å². The number of aromatic amines is 2. The summed E-state index contributed by atoms with van der Waals surface area (Å²) in [6.45, 7) is 0. The molecule has 0 amide bonds. The fourth-order valence-corrected chi connectivity index (χ4v) is 7.46. The van der Waals surface area contributed by atoms with Crippen LogP contribution < -0.4 is 0 Å². The molecule has 41 heavy (non-hydrogen) atoms. The Morgan fingerprint density at radius 1 is 0.537 bits per heavy atom. The first-order valence-corrected chi connectivity index (χ1v) is 17.7. The van der Waals surface area contributed by atoms with Crippen molar-refractivity contribution in [3.05, 3.63) is 83.4 Å². The summed E-state index contributed by atoms with van der Waals surface area (Å²) in [7, 11) is 0. The topological polar surface area (TPSA) is 207 Å². The van der Waals surface area contributed by atoms with E-state index in [9.17, 15) is 19.2 Å². The van der Waals surface area contributed by atoms with Crippen molar-refractivity contribution in [1.82, 2.24) is 19.9 Å². The minimum absolute atomic E-state index is 0.933. The van der Waals surface area contributed by atoms with Crippen LogP contribution in [0.3, 0.4) is 0 Å². The third-order valence-corrected chi connectivity index (χ3v) is 13.7. The zero-order chi connectivity index (χ0) is 29.3. The number of nitrogens with zero attached hydrogens (tertiary/aromatic N) is 2. The number of hydrogen-bond acceptors (Lipinski definition) is 6. The monoisotopic (exact) mass is 660 g/mol. The van der Waals surface area contributed by atoms with Crippen molar-refractivity contribution in [2.24, 2.45) is 0 Å². The summed E-state index contributed by atoms with van der Waals surface area (Å²) in [5, 5.41) is 35.5. The molecule has 13 heteroatoms. The van der Waals surface area contributed by atoms with Crippen LogP contribution in [0.2, 0.25) is 0 Å². The Bertz CT molecular complexity index is 1820. The molecule has 1 aromatic carbocycles. The van der Waals surface area contributed by atoms with E-state index in [1.165, 1.54) is 10.8 Å². The van der Waals surface area contributed by atoms with Gasteiger partial charge in [0.05, 0.1) is 22.8 Å². The molecular formula is C28H20N4O8Sn. The average Bonchev–Trinajstić information content (AvgIpc) is 3.69. The Balaban J connectivity index is 0.000000223. The summed E-state index contributed by atoms with van der Waals surface area (Å²) in [6.07, 6.45) is 8.17. The normalized spacial score (nSPS) is 12.0.